The standard InChI is InChI=1S/C19H31N5O/c1-2-20-19(23-16-6-8-17(25)9-7-16)22-14-15-5-10-18(21-13-15)24-11-3-4-12-24/h5,10,13,16-17,25H,2-4,6-9,11-12,14H2,1H3,(H2,20,22,23). The Balaban J connectivity index is 1.55. The lowest BCUT2D eigenvalue weighted by Gasteiger charge is -2.27. The number of hydrogen-bond donors (Lipinski definition) is 3. The van der Waals surface area contributed by atoms with Crippen LogP contribution in [0.25, 0.3) is 0 Å². The summed E-state index contributed by atoms with van der Waals surface area (Å²) in [5, 5.41) is 16.5. The number of aliphatic hydroxyl groups is 1. The van der Waals surface area contributed by atoms with Crippen LogP contribution >= 0.6 is 0 Å². The number of pyridine rings is 1. The van der Waals surface area contributed by atoms with Gasteiger partial charge in [-0.25, -0.2) is 9.98 Å². The van der Waals surface area contributed by atoms with Crippen LogP contribution in [0.4, 0.5) is 5.82 Å². The van der Waals surface area contributed by atoms with E-state index in [1.54, 1.807) is 0 Å². The van der Waals surface area contributed by atoms with Crippen molar-refractivity contribution >= 4 is 11.8 Å². The monoisotopic (exact) mass is 345 g/mol. The van der Waals surface area contributed by atoms with Crippen LogP contribution in [-0.2, 0) is 6.54 Å². The summed E-state index contributed by atoms with van der Waals surface area (Å²) in [6, 6.07) is 4.64. The molecule has 2 fully saturated rings. The van der Waals surface area contributed by atoms with Crippen LogP contribution in [0.1, 0.15) is 51.0 Å². The Morgan fingerprint density at radius 2 is 2.00 bits per heavy atom. The molecule has 0 radical (unpaired) electrons. The molecular formula is C19H31N5O. The van der Waals surface area contributed by atoms with Gasteiger partial charge in [0, 0.05) is 31.9 Å². The molecule has 138 valence electrons. The molecule has 1 aliphatic carbocycles. The quantitative estimate of drug-likeness (QED) is 0.563. The normalized spacial score (nSPS) is 24.4. The highest BCUT2D eigenvalue weighted by Gasteiger charge is 2.20. The van der Waals surface area contributed by atoms with E-state index in [4.69, 9.17) is 4.99 Å². The van der Waals surface area contributed by atoms with Gasteiger partial charge in [0.05, 0.1) is 12.6 Å². The van der Waals surface area contributed by atoms with E-state index in [0.717, 1.165) is 62.7 Å². The van der Waals surface area contributed by atoms with Gasteiger partial charge in [-0.15, -0.1) is 0 Å². The molecule has 1 aromatic rings. The zero-order valence-electron chi connectivity index (χ0n) is 15.2. The molecule has 1 aliphatic heterocycles. The highest BCUT2D eigenvalue weighted by Crippen LogP contribution is 2.19. The third kappa shape index (κ3) is 5.33. The summed E-state index contributed by atoms with van der Waals surface area (Å²) >= 11 is 0. The Bertz CT molecular complexity index is 545. The SMILES string of the molecule is CCNC(=NCc1ccc(N2CCCC2)nc1)NC1CCC(O)CC1. The summed E-state index contributed by atoms with van der Waals surface area (Å²) in [6.07, 6.45) is 8.09. The number of rotatable bonds is 5. The number of aliphatic hydroxyl groups excluding tert-OH is 1. The van der Waals surface area contributed by atoms with Crippen molar-refractivity contribution in [1.82, 2.24) is 15.6 Å². The Labute approximate surface area is 150 Å². The van der Waals surface area contributed by atoms with Crippen LogP contribution in [0.3, 0.4) is 0 Å². The summed E-state index contributed by atoms with van der Waals surface area (Å²) in [6.45, 7) is 5.78. The molecule has 0 amide bonds. The third-order valence-corrected chi connectivity index (χ3v) is 5.04. The first-order valence-corrected chi connectivity index (χ1v) is 9.67. The Morgan fingerprint density at radius 3 is 2.64 bits per heavy atom. The molecule has 1 saturated heterocycles. The fraction of sp³-hybridized carbons (Fsp3) is 0.684. The summed E-state index contributed by atoms with van der Waals surface area (Å²) in [5.74, 6) is 1.93. The van der Waals surface area contributed by atoms with Crippen molar-refractivity contribution in [2.75, 3.05) is 24.5 Å². The molecule has 3 rings (SSSR count). The van der Waals surface area contributed by atoms with Crippen molar-refractivity contribution in [2.45, 2.75) is 64.1 Å². The van der Waals surface area contributed by atoms with Crippen molar-refractivity contribution in [3.05, 3.63) is 23.9 Å². The Morgan fingerprint density at radius 1 is 1.24 bits per heavy atom. The molecule has 0 unspecified atom stereocenters. The molecule has 6 nitrogen and oxygen atoms in total. The number of anilines is 1. The second kappa shape index (κ2) is 9.04. The fourth-order valence-corrected chi connectivity index (χ4v) is 3.55. The topological polar surface area (TPSA) is 72.8 Å². The largest absolute Gasteiger partial charge is 0.393 e. The van der Waals surface area contributed by atoms with Gasteiger partial charge in [0.1, 0.15) is 5.82 Å². The van der Waals surface area contributed by atoms with Gasteiger partial charge in [0.2, 0.25) is 0 Å². The average molecular weight is 345 g/mol. The van der Waals surface area contributed by atoms with E-state index in [2.05, 4.69) is 39.6 Å². The molecular weight excluding hydrogens is 314 g/mol. The van der Waals surface area contributed by atoms with E-state index in [1.165, 1.54) is 12.8 Å². The second-order valence-electron chi connectivity index (χ2n) is 7.06. The minimum atomic E-state index is -0.127. The average Bonchev–Trinajstić information content (AvgIpc) is 3.17. The van der Waals surface area contributed by atoms with E-state index in [9.17, 15) is 5.11 Å². The molecule has 1 aromatic heterocycles. The third-order valence-electron chi connectivity index (χ3n) is 5.04. The second-order valence-corrected chi connectivity index (χ2v) is 7.06. The molecule has 2 heterocycles. The van der Waals surface area contributed by atoms with Crippen LogP contribution in [0.2, 0.25) is 0 Å². The fourth-order valence-electron chi connectivity index (χ4n) is 3.55. The molecule has 1 saturated carbocycles. The van der Waals surface area contributed by atoms with Crippen LogP contribution in [0.15, 0.2) is 23.3 Å². The minimum absolute atomic E-state index is 0.127. The lowest BCUT2D eigenvalue weighted by Crippen LogP contribution is -2.45. The lowest BCUT2D eigenvalue weighted by atomic mass is 9.93. The summed E-state index contributed by atoms with van der Waals surface area (Å²) in [7, 11) is 0. The van der Waals surface area contributed by atoms with E-state index in [1.807, 2.05) is 6.20 Å². The van der Waals surface area contributed by atoms with Crippen LogP contribution in [0, 0.1) is 0 Å². The van der Waals surface area contributed by atoms with Crippen molar-refractivity contribution < 1.29 is 5.11 Å². The molecule has 2 aliphatic rings. The number of nitrogens with one attached hydrogen (secondary N) is 2. The van der Waals surface area contributed by atoms with Gasteiger partial charge >= 0.3 is 0 Å². The van der Waals surface area contributed by atoms with E-state index < -0.39 is 0 Å². The van der Waals surface area contributed by atoms with Gasteiger partial charge in [-0.2, -0.15) is 0 Å². The van der Waals surface area contributed by atoms with Crippen molar-refractivity contribution in [3.63, 3.8) is 0 Å². The van der Waals surface area contributed by atoms with Gasteiger partial charge in [-0.3, -0.25) is 0 Å². The van der Waals surface area contributed by atoms with Gasteiger partial charge < -0.3 is 20.6 Å². The first kappa shape index (κ1) is 18.0. The van der Waals surface area contributed by atoms with Gasteiger partial charge in [-0.05, 0) is 57.1 Å². The Hall–Kier alpha value is -1.82. The highest BCUT2D eigenvalue weighted by molar-refractivity contribution is 5.80. The smallest absolute Gasteiger partial charge is 0.191 e. The van der Waals surface area contributed by atoms with Crippen LogP contribution in [-0.4, -0.2) is 47.8 Å². The van der Waals surface area contributed by atoms with E-state index in [0.29, 0.717) is 12.6 Å². The predicted octanol–water partition coefficient (Wildman–Crippen LogP) is 2.04. The lowest BCUT2D eigenvalue weighted by molar-refractivity contribution is 0.120. The number of nitrogens with zero attached hydrogens (tertiary/aromatic N) is 3. The maximum atomic E-state index is 9.63. The molecule has 0 atom stereocenters. The predicted molar refractivity (Wildman–Crippen MR) is 102 cm³/mol. The number of aliphatic imine (C=N–C) groups is 1. The van der Waals surface area contributed by atoms with Crippen molar-refractivity contribution in [3.8, 4) is 0 Å². The minimum Gasteiger partial charge on any atom is -0.393 e. The molecule has 0 aromatic carbocycles. The van der Waals surface area contributed by atoms with Crippen LogP contribution in [0.5, 0.6) is 0 Å². The first-order valence-electron chi connectivity index (χ1n) is 9.67. The molecule has 0 spiro atoms. The van der Waals surface area contributed by atoms with Crippen molar-refractivity contribution in [1.29, 1.82) is 0 Å². The number of guanidine groups is 1. The Kier molecular flexibility index (Phi) is 6.50. The summed E-state index contributed by atoms with van der Waals surface area (Å²) in [4.78, 5) is 11.6. The molecule has 25 heavy (non-hydrogen) atoms. The van der Waals surface area contributed by atoms with E-state index in [-0.39, 0.29) is 6.10 Å². The maximum Gasteiger partial charge on any atom is 0.191 e. The summed E-state index contributed by atoms with van der Waals surface area (Å²) < 4.78 is 0. The van der Waals surface area contributed by atoms with Gasteiger partial charge in [0.15, 0.2) is 5.96 Å². The molecule has 0 bridgehead atoms. The van der Waals surface area contributed by atoms with Gasteiger partial charge in [0.25, 0.3) is 0 Å². The zero-order valence-corrected chi connectivity index (χ0v) is 15.2. The molecule has 3 N–H and O–H groups in total. The first-order chi connectivity index (χ1) is 12.2. The van der Waals surface area contributed by atoms with Crippen molar-refractivity contribution in [2.24, 2.45) is 4.99 Å². The van der Waals surface area contributed by atoms with Gasteiger partial charge in [-0.1, -0.05) is 6.07 Å². The zero-order chi connectivity index (χ0) is 17.5. The maximum absolute atomic E-state index is 9.63. The molecule has 6 heteroatoms. The van der Waals surface area contributed by atoms with Crippen LogP contribution < -0.4 is 15.5 Å². The van der Waals surface area contributed by atoms with E-state index >= 15 is 0 Å². The highest BCUT2D eigenvalue weighted by atomic mass is 16.3. The number of aromatic nitrogens is 1. The number of hydrogen-bond acceptors (Lipinski definition) is 4. The summed E-state index contributed by atoms with van der Waals surface area (Å²) in [5.41, 5.74) is 1.12.